The van der Waals surface area contributed by atoms with Crippen molar-refractivity contribution in [2.75, 3.05) is 25.6 Å². The molecule has 7 nitrogen and oxygen atoms in total. The number of amides is 1. The van der Waals surface area contributed by atoms with Crippen LogP contribution in [0, 0.1) is 0 Å². The number of hydrogen-bond donors (Lipinski definition) is 1. The van der Waals surface area contributed by atoms with E-state index in [0.29, 0.717) is 36.1 Å². The van der Waals surface area contributed by atoms with Crippen molar-refractivity contribution < 1.29 is 28.5 Å². The van der Waals surface area contributed by atoms with Gasteiger partial charge in [-0.1, -0.05) is 11.6 Å². The zero-order valence-electron chi connectivity index (χ0n) is 16.8. The molecule has 2 aromatic carbocycles. The second-order valence-electron chi connectivity index (χ2n) is 5.92. The van der Waals surface area contributed by atoms with E-state index in [9.17, 15) is 9.59 Å². The van der Waals surface area contributed by atoms with Gasteiger partial charge in [0.15, 0.2) is 17.6 Å². The van der Waals surface area contributed by atoms with Crippen LogP contribution < -0.4 is 19.5 Å². The summed E-state index contributed by atoms with van der Waals surface area (Å²) >= 11 is 6.18. The molecule has 0 bridgehead atoms. The molecular weight excluding hydrogens is 398 g/mol. The molecule has 0 saturated carbocycles. The topological polar surface area (TPSA) is 83.1 Å². The monoisotopic (exact) mass is 421 g/mol. The number of benzene rings is 2. The molecule has 0 aromatic heterocycles. The lowest BCUT2D eigenvalue weighted by atomic mass is 10.2. The lowest BCUT2D eigenvalue weighted by Crippen LogP contribution is -2.30. The van der Waals surface area contributed by atoms with Crippen LogP contribution in [0.2, 0.25) is 5.02 Å². The SMILES string of the molecule is CCOc1ccc(NC(=O)[C@@H](C)OC(=O)c2cc(Cl)c(OCC)c(OC)c2)cc1. The minimum atomic E-state index is -1.02. The highest BCUT2D eigenvalue weighted by atomic mass is 35.5. The van der Waals surface area contributed by atoms with Crippen LogP contribution in [0.15, 0.2) is 36.4 Å². The van der Waals surface area contributed by atoms with Crippen LogP contribution in [0.4, 0.5) is 5.69 Å². The predicted molar refractivity (Wildman–Crippen MR) is 110 cm³/mol. The summed E-state index contributed by atoms with van der Waals surface area (Å²) in [5.41, 5.74) is 0.711. The zero-order valence-corrected chi connectivity index (χ0v) is 17.5. The molecule has 0 aliphatic rings. The third-order valence-electron chi connectivity index (χ3n) is 3.84. The largest absolute Gasteiger partial charge is 0.494 e. The Morgan fingerprint density at radius 3 is 2.31 bits per heavy atom. The van der Waals surface area contributed by atoms with E-state index in [1.54, 1.807) is 24.3 Å². The maximum atomic E-state index is 12.4. The van der Waals surface area contributed by atoms with Gasteiger partial charge in [-0.15, -0.1) is 0 Å². The first kappa shape index (κ1) is 22.4. The van der Waals surface area contributed by atoms with Gasteiger partial charge in [-0.25, -0.2) is 4.79 Å². The molecular formula is C21H24ClNO6. The van der Waals surface area contributed by atoms with Crippen molar-refractivity contribution in [3.8, 4) is 17.2 Å². The Bertz CT molecular complexity index is 853. The Balaban J connectivity index is 2.04. The Hall–Kier alpha value is -2.93. The number of halogens is 1. The fourth-order valence-electron chi connectivity index (χ4n) is 2.45. The summed E-state index contributed by atoms with van der Waals surface area (Å²) in [5, 5.41) is 2.90. The number of ether oxygens (including phenoxy) is 4. The van der Waals surface area contributed by atoms with Gasteiger partial charge >= 0.3 is 5.97 Å². The molecule has 0 heterocycles. The van der Waals surface area contributed by atoms with E-state index in [2.05, 4.69) is 5.32 Å². The van der Waals surface area contributed by atoms with Crippen LogP contribution in [-0.2, 0) is 9.53 Å². The first-order chi connectivity index (χ1) is 13.9. The van der Waals surface area contributed by atoms with Gasteiger partial charge < -0.3 is 24.3 Å². The van der Waals surface area contributed by atoms with Gasteiger partial charge in [0.05, 0.1) is 30.9 Å². The zero-order chi connectivity index (χ0) is 21.4. The van der Waals surface area contributed by atoms with E-state index >= 15 is 0 Å². The second-order valence-corrected chi connectivity index (χ2v) is 6.32. The van der Waals surface area contributed by atoms with Crippen molar-refractivity contribution >= 4 is 29.2 Å². The molecule has 0 unspecified atom stereocenters. The Labute approximate surface area is 174 Å². The molecule has 1 N–H and O–H groups in total. The van der Waals surface area contributed by atoms with Crippen molar-refractivity contribution in [3.63, 3.8) is 0 Å². The van der Waals surface area contributed by atoms with Crippen LogP contribution in [0.1, 0.15) is 31.1 Å². The molecule has 29 heavy (non-hydrogen) atoms. The quantitative estimate of drug-likeness (QED) is 0.607. The Morgan fingerprint density at radius 1 is 1.07 bits per heavy atom. The maximum Gasteiger partial charge on any atom is 0.339 e. The molecule has 2 aromatic rings. The smallest absolute Gasteiger partial charge is 0.339 e. The summed E-state index contributed by atoms with van der Waals surface area (Å²) in [5.74, 6) is 0.174. The lowest BCUT2D eigenvalue weighted by Gasteiger charge is -2.16. The summed E-state index contributed by atoms with van der Waals surface area (Å²) in [6.07, 6.45) is -1.02. The molecule has 0 aliphatic heterocycles. The standard InChI is InChI=1S/C21H24ClNO6/c1-5-27-16-9-7-15(8-10-16)23-20(24)13(3)29-21(25)14-11-17(22)19(28-6-2)18(12-14)26-4/h7-13H,5-6H2,1-4H3,(H,23,24)/t13-/m1/s1. The van der Waals surface area contributed by atoms with E-state index in [1.807, 2.05) is 13.8 Å². The normalized spacial score (nSPS) is 11.3. The van der Waals surface area contributed by atoms with Gasteiger partial charge in [0.25, 0.3) is 5.91 Å². The van der Waals surface area contributed by atoms with Crippen LogP contribution >= 0.6 is 11.6 Å². The third-order valence-corrected chi connectivity index (χ3v) is 4.12. The third kappa shape index (κ3) is 6.02. The van der Waals surface area contributed by atoms with Crippen LogP contribution in [0.5, 0.6) is 17.2 Å². The van der Waals surface area contributed by atoms with E-state index in [4.69, 9.17) is 30.5 Å². The molecule has 0 spiro atoms. The minimum absolute atomic E-state index is 0.149. The van der Waals surface area contributed by atoms with Crippen LogP contribution in [0.25, 0.3) is 0 Å². The van der Waals surface area contributed by atoms with Crippen molar-refractivity contribution in [1.29, 1.82) is 0 Å². The molecule has 8 heteroatoms. The first-order valence-corrected chi connectivity index (χ1v) is 9.52. The average molecular weight is 422 g/mol. The van der Waals surface area contributed by atoms with Crippen molar-refractivity contribution in [1.82, 2.24) is 0 Å². The number of esters is 1. The van der Waals surface area contributed by atoms with Crippen LogP contribution in [-0.4, -0.2) is 38.3 Å². The van der Waals surface area contributed by atoms with Crippen molar-refractivity contribution in [2.24, 2.45) is 0 Å². The highest BCUT2D eigenvalue weighted by Crippen LogP contribution is 2.36. The van der Waals surface area contributed by atoms with Gasteiger partial charge in [-0.3, -0.25) is 4.79 Å². The van der Waals surface area contributed by atoms with E-state index in [0.717, 1.165) is 0 Å². The van der Waals surface area contributed by atoms with Gasteiger partial charge in [-0.2, -0.15) is 0 Å². The lowest BCUT2D eigenvalue weighted by molar-refractivity contribution is -0.123. The number of carbonyl (C=O) groups is 2. The molecule has 0 saturated heterocycles. The Kier molecular flexibility index (Phi) is 8.15. The summed E-state index contributed by atoms with van der Waals surface area (Å²) in [6.45, 7) is 6.12. The number of methoxy groups -OCH3 is 1. The average Bonchev–Trinajstić information content (AvgIpc) is 2.70. The molecule has 1 amide bonds. The summed E-state index contributed by atoms with van der Waals surface area (Å²) in [6, 6.07) is 9.75. The maximum absolute atomic E-state index is 12.4. The predicted octanol–water partition coefficient (Wildman–Crippen LogP) is 4.33. The number of carbonyl (C=O) groups excluding carboxylic acids is 2. The first-order valence-electron chi connectivity index (χ1n) is 9.14. The molecule has 0 radical (unpaired) electrons. The fraction of sp³-hybridized carbons (Fsp3) is 0.333. The second kappa shape index (κ2) is 10.6. The van der Waals surface area contributed by atoms with Gasteiger partial charge in [0.2, 0.25) is 0 Å². The molecule has 1 atom stereocenters. The van der Waals surface area contributed by atoms with Gasteiger partial charge in [0.1, 0.15) is 5.75 Å². The van der Waals surface area contributed by atoms with Gasteiger partial charge in [0, 0.05) is 5.69 Å². The fourth-order valence-corrected chi connectivity index (χ4v) is 2.71. The highest BCUT2D eigenvalue weighted by Gasteiger charge is 2.22. The Morgan fingerprint density at radius 2 is 1.72 bits per heavy atom. The number of hydrogen-bond acceptors (Lipinski definition) is 6. The van der Waals surface area contributed by atoms with Crippen molar-refractivity contribution in [3.05, 3.63) is 47.0 Å². The minimum Gasteiger partial charge on any atom is -0.494 e. The number of nitrogens with one attached hydrogen (secondary N) is 1. The van der Waals surface area contributed by atoms with E-state index in [-0.39, 0.29) is 10.6 Å². The number of anilines is 1. The van der Waals surface area contributed by atoms with Crippen LogP contribution in [0.3, 0.4) is 0 Å². The highest BCUT2D eigenvalue weighted by molar-refractivity contribution is 6.32. The summed E-state index contributed by atoms with van der Waals surface area (Å²) in [4.78, 5) is 24.8. The van der Waals surface area contributed by atoms with E-state index < -0.39 is 18.0 Å². The molecule has 156 valence electrons. The number of rotatable bonds is 9. The molecule has 2 rings (SSSR count). The van der Waals surface area contributed by atoms with Gasteiger partial charge in [-0.05, 0) is 57.2 Å². The summed E-state index contributed by atoms with van der Waals surface area (Å²) < 4.78 is 21.3. The summed E-state index contributed by atoms with van der Waals surface area (Å²) in [7, 11) is 1.44. The molecule has 0 aliphatic carbocycles. The molecule has 0 fully saturated rings. The van der Waals surface area contributed by atoms with Crippen molar-refractivity contribution in [2.45, 2.75) is 26.9 Å². The van der Waals surface area contributed by atoms with E-state index in [1.165, 1.54) is 26.2 Å².